The number of nitrogens with one attached hydrogen (secondary N) is 2. The highest BCUT2D eigenvalue weighted by molar-refractivity contribution is 14.0. The SMILES string of the molecule is CCN=C(NC1CCN(C(N)=O)CC1)NC1CC1c1ccccc1.I. The molecule has 1 saturated carbocycles. The summed E-state index contributed by atoms with van der Waals surface area (Å²) in [5.41, 5.74) is 6.73. The quantitative estimate of drug-likeness (QED) is 0.369. The average Bonchev–Trinajstić information content (AvgIpc) is 3.35. The van der Waals surface area contributed by atoms with Crippen LogP contribution in [0.2, 0.25) is 0 Å². The molecule has 1 saturated heterocycles. The van der Waals surface area contributed by atoms with Gasteiger partial charge in [-0.15, -0.1) is 24.0 Å². The van der Waals surface area contributed by atoms with Gasteiger partial charge >= 0.3 is 6.03 Å². The number of primary amides is 1. The van der Waals surface area contributed by atoms with Crippen molar-refractivity contribution in [1.82, 2.24) is 15.5 Å². The first kappa shape index (κ1) is 19.8. The van der Waals surface area contributed by atoms with Gasteiger partial charge in [-0.05, 0) is 31.7 Å². The van der Waals surface area contributed by atoms with Crippen LogP contribution >= 0.6 is 24.0 Å². The van der Waals surface area contributed by atoms with Crippen LogP contribution in [0.1, 0.15) is 37.7 Å². The third-order valence-corrected chi connectivity index (χ3v) is 4.80. The fourth-order valence-corrected chi connectivity index (χ4v) is 3.33. The molecule has 1 heterocycles. The summed E-state index contributed by atoms with van der Waals surface area (Å²) in [6.45, 7) is 4.21. The number of aliphatic imine (C=N–C) groups is 1. The van der Waals surface area contributed by atoms with Crippen LogP contribution in [0, 0.1) is 0 Å². The minimum Gasteiger partial charge on any atom is -0.354 e. The molecule has 2 amide bonds. The number of hydrogen-bond donors (Lipinski definition) is 3. The highest BCUT2D eigenvalue weighted by Crippen LogP contribution is 2.40. The smallest absolute Gasteiger partial charge is 0.314 e. The zero-order valence-corrected chi connectivity index (χ0v) is 17.0. The highest BCUT2D eigenvalue weighted by Gasteiger charge is 2.39. The number of nitrogens with two attached hydrogens (primary N) is 1. The molecule has 0 spiro atoms. The summed E-state index contributed by atoms with van der Waals surface area (Å²) in [5.74, 6) is 1.46. The maximum Gasteiger partial charge on any atom is 0.314 e. The van der Waals surface area contributed by atoms with Gasteiger partial charge in [-0.25, -0.2) is 4.79 Å². The van der Waals surface area contributed by atoms with Gasteiger partial charge in [0.2, 0.25) is 0 Å². The van der Waals surface area contributed by atoms with Gasteiger partial charge in [0, 0.05) is 37.6 Å². The monoisotopic (exact) mass is 457 g/mol. The molecule has 2 fully saturated rings. The van der Waals surface area contributed by atoms with E-state index in [9.17, 15) is 4.79 Å². The van der Waals surface area contributed by atoms with E-state index >= 15 is 0 Å². The minimum atomic E-state index is -0.322. The molecule has 0 aromatic heterocycles. The van der Waals surface area contributed by atoms with Gasteiger partial charge in [0.05, 0.1) is 0 Å². The standard InChI is InChI=1S/C18H27N5O.HI/c1-2-20-18(21-14-8-10-23(11-9-14)17(19)24)22-16-12-15(16)13-6-4-3-5-7-13;/h3-7,14-16H,2,8-12H2,1H3,(H2,19,24)(H2,20,21,22);1H. The van der Waals surface area contributed by atoms with Crippen molar-refractivity contribution in [3.05, 3.63) is 35.9 Å². The maximum absolute atomic E-state index is 11.2. The van der Waals surface area contributed by atoms with E-state index in [1.807, 2.05) is 6.92 Å². The van der Waals surface area contributed by atoms with E-state index in [-0.39, 0.29) is 30.0 Å². The molecule has 7 heteroatoms. The van der Waals surface area contributed by atoms with E-state index in [4.69, 9.17) is 5.73 Å². The number of benzene rings is 1. The van der Waals surface area contributed by atoms with Crippen LogP contribution in [0.15, 0.2) is 35.3 Å². The molecule has 1 aromatic carbocycles. The number of halogens is 1. The average molecular weight is 457 g/mol. The summed E-state index contributed by atoms with van der Waals surface area (Å²) in [7, 11) is 0. The predicted molar refractivity (Wildman–Crippen MR) is 111 cm³/mol. The lowest BCUT2D eigenvalue weighted by Crippen LogP contribution is -2.51. The molecule has 0 bridgehead atoms. The molecule has 2 aliphatic rings. The lowest BCUT2D eigenvalue weighted by molar-refractivity contribution is 0.188. The molecule has 6 nitrogen and oxygen atoms in total. The number of nitrogens with zero attached hydrogens (tertiary/aromatic N) is 2. The number of guanidine groups is 1. The maximum atomic E-state index is 11.2. The number of rotatable bonds is 4. The zero-order chi connectivity index (χ0) is 16.9. The number of hydrogen-bond acceptors (Lipinski definition) is 2. The van der Waals surface area contributed by atoms with Crippen molar-refractivity contribution in [2.45, 2.75) is 44.2 Å². The van der Waals surface area contributed by atoms with Gasteiger partial charge in [-0.3, -0.25) is 4.99 Å². The lowest BCUT2D eigenvalue weighted by Gasteiger charge is -2.32. The first-order valence-electron chi connectivity index (χ1n) is 8.84. The number of urea groups is 1. The Hall–Kier alpha value is -1.51. The summed E-state index contributed by atoms with van der Waals surface area (Å²) in [4.78, 5) is 17.5. The fraction of sp³-hybridized carbons (Fsp3) is 0.556. The van der Waals surface area contributed by atoms with Gasteiger partial charge < -0.3 is 21.3 Å². The van der Waals surface area contributed by atoms with Gasteiger partial charge in [0.1, 0.15) is 0 Å². The van der Waals surface area contributed by atoms with E-state index in [0.29, 0.717) is 31.1 Å². The van der Waals surface area contributed by atoms with Crippen LogP contribution in [0.25, 0.3) is 0 Å². The van der Waals surface area contributed by atoms with Crippen LogP contribution < -0.4 is 16.4 Å². The molecule has 2 unspecified atom stereocenters. The number of carbonyl (C=O) groups is 1. The molecular formula is C18H28IN5O. The van der Waals surface area contributed by atoms with Crippen molar-refractivity contribution in [2.24, 2.45) is 10.7 Å². The Morgan fingerprint density at radius 1 is 1.24 bits per heavy atom. The Morgan fingerprint density at radius 2 is 1.92 bits per heavy atom. The fourth-order valence-electron chi connectivity index (χ4n) is 3.33. The summed E-state index contributed by atoms with van der Waals surface area (Å²) in [5, 5.41) is 7.08. The summed E-state index contributed by atoms with van der Waals surface area (Å²) in [6.07, 6.45) is 2.95. The Bertz CT molecular complexity index is 586. The van der Waals surface area contributed by atoms with Gasteiger partial charge in [0.25, 0.3) is 0 Å². The summed E-state index contributed by atoms with van der Waals surface area (Å²) >= 11 is 0. The largest absolute Gasteiger partial charge is 0.354 e. The highest BCUT2D eigenvalue weighted by atomic mass is 127. The minimum absolute atomic E-state index is 0. The van der Waals surface area contributed by atoms with Gasteiger partial charge in [0.15, 0.2) is 5.96 Å². The molecule has 2 atom stereocenters. The van der Waals surface area contributed by atoms with Crippen molar-refractivity contribution in [3.8, 4) is 0 Å². The molecule has 1 aliphatic heterocycles. The molecule has 138 valence electrons. The molecule has 4 N–H and O–H groups in total. The second-order valence-corrected chi connectivity index (χ2v) is 6.57. The zero-order valence-electron chi connectivity index (χ0n) is 14.6. The van der Waals surface area contributed by atoms with Crippen LogP contribution in [0.4, 0.5) is 4.79 Å². The van der Waals surface area contributed by atoms with Crippen molar-refractivity contribution in [1.29, 1.82) is 0 Å². The van der Waals surface area contributed by atoms with E-state index in [1.165, 1.54) is 5.56 Å². The summed E-state index contributed by atoms with van der Waals surface area (Å²) < 4.78 is 0. The second-order valence-electron chi connectivity index (χ2n) is 6.57. The van der Waals surface area contributed by atoms with E-state index < -0.39 is 0 Å². The second kappa shape index (κ2) is 9.26. The number of carbonyl (C=O) groups excluding carboxylic acids is 1. The molecular weight excluding hydrogens is 429 g/mol. The normalized spacial score (nSPS) is 23.6. The van der Waals surface area contributed by atoms with Crippen molar-refractivity contribution < 1.29 is 4.79 Å². The van der Waals surface area contributed by atoms with Crippen molar-refractivity contribution in [2.75, 3.05) is 19.6 Å². The topological polar surface area (TPSA) is 82.8 Å². The van der Waals surface area contributed by atoms with Crippen molar-refractivity contribution >= 4 is 36.0 Å². The Balaban J connectivity index is 0.00000225. The summed E-state index contributed by atoms with van der Waals surface area (Å²) in [6, 6.07) is 11.1. The molecule has 3 rings (SSSR count). The number of likely N-dealkylation sites (tertiary alicyclic amines) is 1. The molecule has 1 aliphatic carbocycles. The molecule has 25 heavy (non-hydrogen) atoms. The number of amides is 2. The van der Waals surface area contributed by atoms with Crippen LogP contribution in [0.5, 0.6) is 0 Å². The van der Waals surface area contributed by atoms with Crippen LogP contribution in [-0.4, -0.2) is 48.6 Å². The predicted octanol–water partition coefficient (Wildman–Crippen LogP) is 2.26. The van der Waals surface area contributed by atoms with Crippen LogP contribution in [0.3, 0.4) is 0 Å². The Morgan fingerprint density at radius 3 is 2.52 bits per heavy atom. The van der Waals surface area contributed by atoms with Crippen LogP contribution in [-0.2, 0) is 0 Å². The van der Waals surface area contributed by atoms with Gasteiger partial charge in [-0.2, -0.15) is 0 Å². The third kappa shape index (κ3) is 5.49. The number of piperidine rings is 1. The van der Waals surface area contributed by atoms with E-state index in [0.717, 1.165) is 31.8 Å². The van der Waals surface area contributed by atoms with E-state index in [1.54, 1.807) is 4.90 Å². The molecule has 0 radical (unpaired) electrons. The first-order valence-corrected chi connectivity index (χ1v) is 8.84. The lowest BCUT2D eigenvalue weighted by atomic mass is 10.1. The van der Waals surface area contributed by atoms with Crippen molar-refractivity contribution in [3.63, 3.8) is 0 Å². The third-order valence-electron chi connectivity index (χ3n) is 4.80. The van der Waals surface area contributed by atoms with Gasteiger partial charge in [-0.1, -0.05) is 30.3 Å². The Kier molecular flexibility index (Phi) is 7.34. The van der Waals surface area contributed by atoms with E-state index in [2.05, 4.69) is 46.0 Å². The Labute approximate surface area is 166 Å². The molecule has 1 aromatic rings. The first-order chi connectivity index (χ1) is 11.7.